The van der Waals surface area contributed by atoms with Crippen molar-refractivity contribution in [3.8, 4) is 0 Å². The van der Waals surface area contributed by atoms with E-state index in [9.17, 15) is 8.78 Å². The van der Waals surface area contributed by atoms with E-state index in [-0.39, 0.29) is 0 Å². The molecule has 0 N–H and O–H groups in total. The lowest BCUT2D eigenvalue weighted by molar-refractivity contribution is 0.201. The lowest BCUT2D eigenvalue weighted by atomic mass is 10.4. The molecule has 2 fully saturated rings. The van der Waals surface area contributed by atoms with Gasteiger partial charge in [0.2, 0.25) is 0 Å². The van der Waals surface area contributed by atoms with E-state index >= 15 is 0 Å². The minimum atomic E-state index is -2.69. The molecular weight excluding hydrogens is 238 g/mol. The van der Waals surface area contributed by atoms with E-state index < -0.39 is 4.59 Å². The summed E-state index contributed by atoms with van der Waals surface area (Å²) in [5.41, 5.74) is 0. The third kappa shape index (κ3) is 3.76. The highest BCUT2D eigenvalue weighted by atomic mass is 32.2. The fourth-order valence-corrected chi connectivity index (χ4v) is 4.12. The molecule has 2 aliphatic rings. The Labute approximate surface area is 98.0 Å². The monoisotopic (exact) mass is 254 g/mol. The summed E-state index contributed by atoms with van der Waals surface area (Å²) in [5.74, 6) is 0. The maximum Gasteiger partial charge on any atom is 0.368 e. The predicted octanol–water partition coefficient (Wildman–Crippen LogP) is 3.02. The molecule has 0 unspecified atom stereocenters. The Bertz CT molecular complexity index is 184. The lowest BCUT2D eigenvalue weighted by Crippen LogP contribution is -2.23. The third-order valence-electron chi connectivity index (χ3n) is 2.60. The second-order valence-electron chi connectivity index (χ2n) is 3.92. The fourth-order valence-electron chi connectivity index (χ4n) is 1.88. The van der Waals surface area contributed by atoms with Crippen molar-refractivity contribution in [2.45, 2.75) is 30.3 Å². The van der Waals surface area contributed by atoms with Gasteiger partial charge in [-0.25, -0.2) is 8.61 Å². The molecule has 88 valence electrons. The van der Waals surface area contributed by atoms with E-state index in [1.165, 1.54) is 0 Å². The fraction of sp³-hybridized carbons (Fsp3) is 1.00. The standard InChI is InChI=1S/C9H16F2N2S2/c10-9(11,14-12-5-1-2-6-12)15-13-7-3-4-8-13/h1-8H2. The Balaban J connectivity index is 1.76. The van der Waals surface area contributed by atoms with Crippen LogP contribution in [0.4, 0.5) is 8.78 Å². The zero-order valence-electron chi connectivity index (χ0n) is 8.62. The van der Waals surface area contributed by atoms with Gasteiger partial charge in [-0.1, -0.05) is 0 Å². The van der Waals surface area contributed by atoms with E-state index in [0.717, 1.165) is 75.8 Å². The summed E-state index contributed by atoms with van der Waals surface area (Å²) in [6.07, 6.45) is 4.21. The third-order valence-corrected chi connectivity index (χ3v) is 4.72. The molecular formula is C9H16F2N2S2. The molecule has 0 aromatic rings. The van der Waals surface area contributed by atoms with Gasteiger partial charge in [0.25, 0.3) is 0 Å². The molecule has 0 spiro atoms. The molecule has 0 aromatic heterocycles. The minimum absolute atomic E-state index is 0.718. The minimum Gasteiger partial charge on any atom is -0.245 e. The van der Waals surface area contributed by atoms with Crippen molar-refractivity contribution < 1.29 is 8.78 Å². The van der Waals surface area contributed by atoms with Crippen LogP contribution in [0.2, 0.25) is 0 Å². The second kappa shape index (κ2) is 5.21. The highest BCUT2D eigenvalue weighted by molar-refractivity contribution is 8.15. The van der Waals surface area contributed by atoms with Crippen LogP contribution in [-0.2, 0) is 0 Å². The average molecular weight is 254 g/mol. The van der Waals surface area contributed by atoms with Crippen LogP contribution in [0.15, 0.2) is 0 Å². The van der Waals surface area contributed by atoms with Crippen LogP contribution in [0.5, 0.6) is 0 Å². The number of hydrogen-bond donors (Lipinski definition) is 0. The number of halogens is 2. The van der Waals surface area contributed by atoms with Crippen molar-refractivity contribution in [3.05, 3.63) is 0 Å². The molecule has 2 rings (SSSR count). The number of alkyl halides is 2. The molecule has 0 atom stereocenters. The topological polar surface area (TPSA) is 6.48 Å². The second-order valence-corrected chi connectivity index (χ2v) is 6.60. The Kier molecular flexibility index (Phi) is 4.15. The van der Waals surface area contributed by atoms with E-state index in [1.54, 1.807) is 8.61 Å². The van der Waals surface area contributed by atoms with Crippen molar-refractivity contribution in [3.63, 3.8) is 0 Å². The van der Waals surface area contributed by atoms with E-state index in [0.29, 0.717) is 0 Å². The Hall–Kier alpha value is 0.480. The molecule has 0 amide bonds. The first kappa shape index (κ1) is 12.0. The van der Waals surface area contributed by atoms with E-state index in [4.69, 9.17) is 0 Å². The smallest absolute Gasteiger partial charge is 0.245 e. The molecule has 2 aliphatic heterocycles. The zero-order valence-corrected chi connectivity index (χ0v) is 10.3. The number of hydrogen-bond acceptors (Lipinski definition) is 4. The maximum atomic E-state index is 13.6. The normalized spacial score (nSPS) is 25.2. The van der Waals surface area contributed by atoms with Gasteiger partial charge in [-0.2, -0.15) is 8.78 Å². The summed E-state index contributed by atoms with van der Waals surface area (Å²) in [4.78, 5) is 0. The molecule has 0 bridgehead atoms. The molecule has 0 aromatic carbocycles. The predicted molar refractivity (Wildman–Crippen MR) is 61.7 cm³/mol. The van der Waals surface area contributed by atoms with Crippen LogP contribution in [0.3, 0.4) is 0 Å². The maximum absolute atomic E-state index is 13.6. The molecule has 0 radical (unpaired) electrons. The molecule has 2 nitrogen and oxygen atoms in total. The van der Waals surface area contributed by atoms with Gasteiger partial charge in [-0.3, -0.25) is 0 Å². The Morgan fingerprint density at radius 3 is 1.40 bits per heavy atom. The van der Waals surface area contributed by atoms with Crippen LogP contribution >= 0.6 is 23.9 Å². The summed E-state index contributed by atoms with van der Waals surface area (Å²) >= 11 is 1.44. The van der Waals surface area contributed by atoms with Gasteiger partial charge in [0.1, 0.15) is 0 Å². The van der Waals surface area contributed by atoms with Crippen molar-refractivity contribution in [2.24, 2.45) is 0 Å². The van der Waals surface area contributed by atoms with Crippen molar-refractivity contribution in [2.75, 3.05) is 26.2 Å². The van der Waals surface area contributed by atoms with Crippen LogP contribution < -0.4 is 0 Å². The van der Waals surface area contributed by atoms with Crippen molar-refractivity contribution in [1.29, 1.82) is 0 Å². The molecule has 2 saturated heterocycles. The largest absolute Gasteiger partial charge is 0.368 e. The first-order valence-corrected chi connectivity index (χ1v) is 6.96. The summed E-state index contributed by atoms with van der Waals surface area (Å²) in [6.45, 7) is 3.23. The van der Waals surface area contributed by atoms with Crippen molar-refractivity contribution >= 4 is 23.9 Å². The quantitative estimate of drug-likeness (QED) is 0.562. The Morgan fingerprint density at radius 2 is 1.07 bits per heavy atom. The summed E-state index contributed by atoms with van der Waals surface area (Å²) < 4.78 is 28.0. The van der Waals surface area contributed by atoms with Gasteiger partial charge < -0.3 is 0 Å². The first-order valence-electron chi connectivity index (χ1n) is 5.42. The highest BCUT2D eigenvalue weighted by Crippen LogP contribution is 2.45. The van der Waals surface area contributed by atoms with Gasteiger partial charge in [-0.15, -0.1) is 0 Å². The molecule has 0 saturated carbocycles. The van der Waals surface area contributed by atoms with Crippen LogP contribution in [-0.4, -0.2) is 39.4 Å². The average Bonchev–Trinajstić information content (AvgIpc) is 2.75. The summed E-state index contributed by atoms with van der Waals surface area (Å²) in [6, 6.07) is 0. The van der Waals surface area contributed by atoms with Gasteiger partial charge in [0.05, 0.1) is 0 Å². The zero-order chi connectivity index (χ0) is 10.7. The Morgan fingerprint density at radius 1 is 0.733 bits per heavy atom. The molecule has 0 aliphatic carbocycles. The molecule has 6 heteroatoms. The molecule has 15 heavy (non-hydrogen) atoms. The number of rotatable bonds is 4. The van der Waals surface area contributed by atoms with Gasteiger partial charge in [0, 0.05) is 50.1 Å². The van der Waals surface area contributed by atoms with Crippen molar-refractivity contribution in [1.82, 2.24) is 8.61 Å². The van der Waals surface area contributed by atoms with E-state index in [1.807, 2.05) is 0 Å². The SMILES string of the molecule is FC(F)(SN1CCCC1)SN1CCCC1. The summed E-state index contributed by atoms with van der Waals surface area (Å²) in [5, 5.41) is 0. The van der Waals surface area contributed by atoms with Gasteiger partial charge in [0.15, 0.2) is 0 Å². The lowest BCUT2D eigenvalue weighted by Gasteiger charge is -2.24. The van der Waals surface area contributed by atoms with Gasteiger partial charge >= 0.3 is 4.59 Å². The highest BCUT2D eigenvalue weighted by Gasteiger charge is 2.38. The number of nitrogens with zero attached hydrogens (tertiary/aromatic N) is 2. The summed E-state index contributed by atoms with van der Waals surface area (Å²) in [7, 11) is 0. The first-order chi connectivity index (χ1) is 7.16. The van der Waals surface area contributed by atoms with Crippen LogP contribution in [0.1, 0.15) is 25.7 Å². The van der Waals surface area contributed by atoms with Gasteiger partial charge in [-0.05, 0) is 25.7 Å². The van der Waals surface area contributed by atoms with E-state index in [2.05, 4.69) is 0 Å². The van der Waals surface area contributed by atoms with Crippen LogP contribution in [0, 0.1) is 0 Å². The van der Waals surface area contributed by atoms with Crippen LogP contribution in [0.25, 0.3) is 0 Å². The molecule has 2 heterocycles.